The highest BCUT2D eigenvalue weighted by Gasteiger charge is 2.05. The van der Waals surface area contributed by atoms with Crippen molar-refractivity contribution in [1.29, 1.82) is 0 Å². The lowest BCUT2D eigenvalue weighted by Gasteiger charge is -2.06. The summed E-state index contributed by atoms with van der Waals surface area (Å²) in [5.74, 6) is -0.387. The van der Waals surface area contributed by atoms with E-state index in [-0.39, 0.29) is 19.4 Å². The zero-order chi connectivity index (χ0) is 19.0. The Kier molecular flexibility index (Phi) is 15.2. The summed E-state index contributed by atoms with van der Waals surface area (Å²) >= 11 is 0. The lowest BCUT2D eigenvalue weighted by atomic mass is 10.1. The van der Waals surface area contributed by atoms with Crippen LogP contribution in [0, 0.1) is 0 Å². The zero-order valence-corrected chi connectivity index (χ0v) is 16.2. The van der Waals surface area contributed by atoms with Gasteiger partial charge in [0.05, 0.1) is 19.8 Å². The number of ether oxygens (including phenoxy) is 2. The molecule has 0 aliphatic carbocycles. The van der Waals surface area contributed by atoms with E-state index in [0.29, 0.717) is 12.0 Å². The van der Waals surface area contributed by atoms with Gasteiger partial charge in [-0.2, -0.15) is 0 Å². The van der Waals surface area contributed by atoms with Crippen LogP contribution in [0.4, 0.5) is 0 Å². The monoisotopic (exact) mass is 379 g/mol. The van der Waals surface area contributed by atoms with E-state index in [0.717, 1.165) is 45.2 Å². The molecule has 1 rings (SSSR count). The Morgan fingerprint density at radius 3 is 2.26 bits per heavy atom. The maximum Gasteiger partial charge on any atom is 0.337 e. The molecule has 0 amide bonds. The van der Waals surface area contributed by atoms with E-state index in [1.807, 2.05) is 12.1 Å². The Morgan fingerprint density at radius 2 is 1.56 bits per heavy atom. The van der Waals surface area contributed by atoms with E-state index in [4.69, 9.17) is 4.74 Å². The maximum absolute atomic E-state index is 11.5. The molecule has 154 valence electrons. The standard InChI is InChI=1S/C21H33NO4.CH4/c1-25-20(23)14-6-4-3-5-8-15-22-16-9-7-11-18-12-10-13-19(17-18)21(24)26-2;/h10,12-13,17,22H,3-9,11,14-16H2,1-2H3;1H4. The number of methoxy groups -OCH3 is 2. The fraction of sp³-hybridized carbons (Fsp3) is 0.636. The third-order valence-electron chi connectivity index (χ3n) is 4.38. The Hall–Kier alpha value is -1.88. The minimum atomic E-state index is -0.279. The lowest BCUT2D eigenvalue weighted by Crippen LogP contribution is -2.16. The molecule has 0 saturated heterocycles. The minimum Gasteiger partial charge on any atom is -0.469 e. The maximum atomic E-state index is 11.5. The van der Waals surface area contributed by atoms with E-state index >= 15 is 0 Å². The van der Waals surface area contributed by atoms with Crippen molar-refractivity contribution in [3.05, 3.63) is 35.4 Å². The van der Waals surface area contributed by atoms with Crippen molar-refractivity contribution in [2.24, 2.45) is 0 Å². The van der Waals surface area contributed by atoms with Crippen LogP contribution in [-0.4, -0.2) is 39.2 Å². The van der Waals surface area contributed by atoms with Crippen LogP contribution >= 0.6 is 0 Å². The SMILES string of the molecule is C.COC(=O)CCCCCCCNCCCCc1cccc(C(=O)OC)c1. The van der Waals surface area contributed by atoms with E-state index in [9.17, 15) is 9.59 Å². The van der Waals surface area contributed by atoms with Crippen LogP contribution in [0.3, 0.4) is 0 Å². The van der Waals surface area contributed by atoms with E-state index in [1.165, 1.54) is 39.0 Å². The predicted molar refractivity (Wildman–Crippen MR) is 110 cm³/mol. The average Bonchev–Trinajstić information content (AvgIpc) is 2.68. The molecule has 0 aliphatic rings. The van der Waals surface area contributed by atoms with Gasteiger partial charge >= 0.3 is 11.9 Å². The number of aryl methyl sites for hydroxylation is 1. The van der Waals surface area contributed by atoms with Gasteiger partial charge in [-0.3, -0.25) is 4.79 Å². The van der Waals surface area contributed by atoms with E-state index in [2.05, 4.69) is 16.1 Å². The number of carbonyl (C=O) groups is 2. The Labute approximate surface area is 164 Å². The van der Waals surface area contributed by atoms with E-state index in [1.54, 1.807) is 6.07 Å². The number of hydrogen-bond donors (Lipinski definition) is 1. The number of hydrogen-bond acceptors (Lipinski definition) is 5. The van der Waals surface area contributed by atoms with Crippen molar-refractivity contribution < 1.29 is 19.1 Å². The number of rotatable bonds is 14. The second-order valence-electron chi connectivity index (χ2n) is 6.49. The highest BCUT2D eigenvalue weighted by atomic mass is 16.5. The van der Waals surface area contributed by atoms with Gasteiger partial charge in [-0.25, -0.2) is 4.79 Å². The molecule has 1 N–H and O–H groups in total. The Morgan fingerprint density at radius 1 is 0.889 bits per heavy atom. The van der Waals surface area contributed by atoms with Gasteiger partial charge in [0.1, 0.15) is 0 Å². The Bertz CT molecular complexity index is 531. The van der Waals surface area contributed by atoms with Gasteiger partial charge in [0, 0.05) is 6.42 Å². The molecule has 5 heteroatoms. The average molecular weight is 380 g/mol. The van der Waals surface area contributed by atoms with Crippen LogP contribution in [-0.2, 0) is 20.7 Å². The molecule has 0 aliphatic heterocycles. The van der Waals surface area contributed by atoms with Crippen LogP contribution < -0.4 is 5.32 Å². The third-order valence-corrected chi connectivity index (χ3v) is 4.38. The van der Waals surface area contributed by atoms with Crippen molar-refractivity contribution in [2.75, 3.05) is 27.3 Å². The molecule has 0 aromatic heterocycles. The van der Waals surface area contributed by atoms with Gasteiger partial charge in [0.15, 0.2) is 0 Å². The smallest absolute Gasteiger partial charge is 0.337 e. The number of benzene rings is 1. The summed E-state index contributed by atoms with van der Waals surface area (Å²) < 4.78 is 9.37. The first kappa shape index (κ1) is 25.1. The fourth-order valence-electron chi connectivity index (χ4n) is 2.83. The summed E-state index contributed by atoms with van der Waals surface area (Å²) in [7, 11) is 2.84. The van der Waals surface area contributed by atoms with Crippen LogP contribution in [0.5, 0.6) is 0 Å². The van der Waals surface area contributed by atoms with Gasteiger partial charge in [-0.05, 0) is 62.9 Å². The van der Waals surface area contributed by atoms with Crippen molar-refractivity contribution in [3.63, 3.8) is 0 Å². The summed E-state index contributed by atoms with van der Waals surface area (Å²) in [5, 5.41) is 3.48. The van der Waals surface area contributed by atoms with Crippen molar-refractivity contribution >= 4 is 11.9 Å². The molecule has 0 spiro atoms. The summed E-state index contributed by atoms with van der Waals surface area (Å²) in [6.07, 6.45) is 9.33. The van der Waals surface area contributed by atoms with Crippen LogP contribution in [0.2, 0.25) is 0 Å². The molecule has 1 aromatic rings. The normalized spacial score (nSPS) is 10.1. The Balaban J connectivity index is 0.00000676. The van der Waals surface area contributed by atoms with Gasteiger partial charge in [0.25, 0.3) is 0 Å². The van der Waals surface area contributed by atoms with E-state index < -0.39 is 0 Å². The third kappa shape index (κ3) is 12.2. The number of esters is 2. The predicted octanol–water partition coefficient (Wildman–Crippen LogP) is 4.54. The molecule has 0 bridgehead atoms. The van der Waals surface area contributed by atoms with Crippen molar-refractivity contribution in [1.82, 2.24) is 5.32 Å². The van der Waals surface area contributed by atoms with Gasteiger partial charge in [-0.1, -0.05) is 38.8 Å². The lowest BCUT2D eigenvalue weighted by molar-refractivity contribution is -0.140. The molecule has 0 heterocycles. The first-order chi connectivity index (χ1) is 12.7. The topological polar surface area (TPSA) is 64.6 Å². The molecule has 0 radical (unpaired) electrons. The van der Waals surface area contributed by atoms with Crippen LogP contribution in [0.15, 0.2) is 24.3 Å². The molecule has 1 aromatic carbocycles. The summed E-state index contributed by atoms with van der Waals surface area (Å²) in [6.45, 7) is 2.08. The first-order valence-corrected chi connectivity index (χ1v) is 9.62. The fourth-order valence-corrected chi connectivity index (χ4v) is 2.83. The van der Waals surface area contributed by atoms with Crippen molar-refractivity contribution in [2.45, 2.75) is 65.2 Å². The van der Waals surface area contributed by atoms with Gasteiger partial charge in [0.2, 0.25) is 0 Å². The molecule has 0 unspecified atom stereocenters. The number of unbranched alkanes of at least 4 members (excludes halogenated alkanes) is 5. The molecule has 5 nitrogen and oxygen atoms in total. The van der Waals surface area contributed by atoms with Crippen molar-refractivity contribution in [3.8, 4) is 0 Å². The molecular weight excluding hydrogens is 342 g/mol. The molecule has 0 fully saturated rings. The minimum absolute atomic E-state index is 0. The zero-order valence-electron chi connectivity index (χ0n) is 16.2. The summed E-state index contributed by atoms with van der Waals surface area (Å²) in [6, 6.07) is 7.66. The number of nitrogens with one attached hydrogen (secondary N) is 1. The number of carbonyl (C=O) groups excluding carboxylic acids is 2. The second kappa shape index (κ2) is 16.3. The highest BCUT2D eigenvalue weighted by molar-refractivity contribution is 5.89. The highest BCUT2D eigenvalue weighted by Crippen LogP contribution is 2.10. The second-order valence-corrected chi connectivity index (χ2v) is 6.49. The summed E-state index contributed by atoms with van der Waals surface area (Å²) in [4.78, 5) is 22.5. The van der Waals surface area contributed by atoms with Crippen LogP contribution in [0.1, 0.15) is 74.7 Å². The van der Waals surface area contributed by atoms with Gasteiger partial charge in [-0.15, -0.1) is 0 Å². The quantitative estimate of drug-likeness (QED) is 0.380. The first-order valence-electron chi connectivity index (χ1n) is 9.62. The molecule has 27 heavy (non-hydrogen) atoms. The molecule has 0 atom stereocenters. The largest absolute Gasteiger partial charge is 0.469 e. The van der Waals surface area contributed by atoms with Gasteiger partial charge < -0.3 is 14.8 Å². The summed E-state index contributed by atoms with van der Waals surface area (Å²) in [5.41, 5.74) is 1.80. The molecular formula is C22H37NO4. The van der Waals surface area contributed by atoms with Crippen LogP contribution in [0.25, 0.3) is 0 Å². The molecule has 0 saturated carbocycles.